The highest BCUT2D eigenvalue weighted by Gasteiger charge is 2.45. The normalized spacial score (nSPS) is 23.2. The zero-order valence-corrected chi connectivity index (χ0v) is 16.0. The summed E-state index contributed by atoms with van der Waals surface area (Å²) in [6.07, 6.45) is 0.231. The first-order chi connectivity index (χ1) is 12.0. The highest BCUT2D eigenvalue weighted by Crippen LogP contribution is 2.29. The summed E-state index contributed by atoms with van der Waals surface area (Å²) in [5, 5.41) is 2.70. The lowest BCUT2D eigenvalue weighted by atomic mass is 9.63. The second-order valence-corrected chi connectivity index (χ2v) is 7.51. The number of fused-ring (bicyclic) bond motifs is 1. The molecule has 2 amide bonds. The predicted octanol–water partition coefficient (Wildman–Crippen LogP) is -7.18. The Morgan fingerprint density at radius 1 is 1.19 bits per heavy atom. The molecule has 1 aromatic carbocycles. The van der Waals surface area contributed by atoms with E-state index in [1.54, 1.807) is 22.6 Å². The SMILES string of the molecule is Bc1c(B)c(N)c2c(=O)n(C3(B)CC(B)C(=O)NC3=O)c(C)nc2c1B. The number of amides is 2. The number of carbonyl (C=O) groups excluding carboxylic acids is 2. The van der Waals surface area contributed by atoms with Crippen molar-refractivity contribution in [2.75, 3.05) is 5.73 Å². The van der Waals surface area contributed by atoms with Gasteiger partial charge >= 0.3 is 0 Å². The summed E-state index contributed by atoms with van der Waals surface area (Å²) in [5.41, 5.74) is 8.40. The summed E-state index contributed by atoms with van der Waals surface area (Å²) < 4.78 is 1.39. The molecule has 0 saturated carbocycles. The van der Waals surface area contributed by atoms with Gasteiger partial charge in [-0.2, -0.15) is 0 Å². The molecule has 0 aliphatic carbocycles. The molecule has 0 radical (unpaired) electrons. The van der Waals surface area contributed by atoms with Crippen LogP contribution >= 0.6 is 0 Å². The van der Waals surface area contributed by atoms with Crippen molar-refractivity contribution in [2.24, 2.45) is 0 Å². The second kappa shape index (κ2) is 5.82. The number of benzene rings is 1. The third-order valence-corrected chi connectivity index (χ3v) is 5.78. The van der Waals surface area contributed by atoms with E-state index in [-0.39, 0.29) is 17.9 Å². The summed E-state index contributed by atoms with van der Waals surface area (Å²) in [4.78, 5) is 42.5. The predicted molar refractivity (Wildman–Crippen MR) is 116 cm³/mol. The highest BCUT2D eigenvalue weighted by atomic mass is 16.2. The number of hydrogen-bond acceptors (Lipinski definition) is 5. The standard InChI is InChI=1S/C14H19B5N4O3/c1-3-21-10-5(9(20)7(17)6(16)8(10)18)12(25)23(3)14(19)2-4(15)11(24)22-13(14)26/h4H,2,15-20H2,1H3,(H,22,24,26). The molecule has 2 atom stereocenters. The van der Waals surface area contributed by atoms with Crippen LogP contribution in [0.25, 0.3) is 10.9 Å². The number of nitrogen functional groups attached to an aromatic ring is 1. The minimum atomic E-state index is -1.20. The van der Waals surface area contributed by atoms with Crippen molar-refractivity contribution in [3.8, 4) is 0 Å². The van der Waals surface area contributed by atoms with E-state index in [1.807, 2.05) is 23.5 Å². The molecule has 2 aromatic rings. The Bertz CT molecular complexity index is 1050. The van der Waals surface area contributed by atoms with Crippen molar-refractivity contribution in [2.45, 2.75) is 24.6 Å². The third kappa shape index (κ3) is 2.35. The van der Waals surface area contributed by atoms with Gasteiger partial charge in [0.05, 0.1) is 16.3 Å². The molecule has 1 saturated heterocycles. The summed E-state index contributed by atoms with van der Waals surface area (Å²) in [5.74, 6) is -0.786. The summed E-state index contributed by atoms with van der Waals surface area (Å²) in [6, 6.07) is 0. The molecule has 1 aliphatic heterocycles. The first kappa shape index (κ1) is 18.4. The van der Waals surface area contributed by atoms with Crippen LogP contribution in [0.2, 0.25) is 5.82 Å². The average Bonchev–Trinajstić information content (AvgIpc) is 2.56. The van der Waals surface area contributed by atoms with E-state index >= 15 is 0 Å². The van der Waals surface area contributed by atoms with E-state index in [1.165, 1.54) is 4.57 Å². The van der Waals surface area contributed by atoms with Crippen LogP contribution in [0.5, 0.6) is 0 Å². The number of hydrogen-bond donors (Lipinski definition) is 2. The van der Waals surface area contributed by atoms with E-state index in [0.717, 1.165) is 16.4 Å². The van der Waals surface area contributed by atoms with Gasteiger partial charge in [-0.05, 0) is 13.3 Å². The Morgan fingerprint density at radius 2 is 1.81 bits per heavy atom. The summed E-state index contributed by atoms with van der Waals surface area (Å²) in [6.45, 7) is 1.70. The van der Waals surface area contributed by atoms with Gasteiger partial charge in [-0.25, -0.2) is 4.98 Å². The molecule has 1 aromatic heterocycles. The topological polar surface area (TPSA) is 107 Å². The quantitative estimate of drug-likeness (QED) is 0.303. The lowest BCUT2D eigenvalue weighted by molar-refractivity contribution is -0.137. The number of aryl methyl sites for hydroxylation is 1. The molecule has 1 fully saturated rings. The van der Waals surface area contributed by atoms with Gasteiger partial charge in [-0.1, -0.05) is 16.4 Å². The van der Waals surface area contributed by atoms with Crippen LogP contribution in [-0.4, -0.2) is 60.6 Å². The largest absolute Gasteiger partial charge is 0.398 e. The maximum Gasteiger partial charge on any atom is 0.263 e. The van der Waals surface area contributed by atoms with Crippen LogP contribution in [0.3, 0.4) is 0 Å². The molecule has 3 N–H and O–H groups in total. The van der Waals surface area contributed by atoms with Gasteiger partial charge in [-0.3, -0.25) is 24.3 Å². The minimum absolute atomic E-state index is 0.231. The Labute approximate surface area is 155 Å². The molecule has 128 valence electrons. The lowest BCUT2D eigenvalue weighted by Crippen LogP contribution is -2.60. The number of nitrogens with two attached hydrogens (primary N) is 1. The Balaban J connectivity index is 2.41. The second-order valence-electron chi connectivity index (χ2n) is 7.51. The third-order valence-electron chi connectivity index (χ3n) is 5.78. The van der Waals surface area contributed by atoms with Gasteiger partial charge in [0.2, 0.25) is 11.8 Å². The fourth-order valence-corrected chi connectivity index (χ4v) is 3.92. The molecular formula is C14H19B5N4O3. The Hall–Kier alpha value is -2.38. The molecule has 0 spiro atoms. The van der Waals surface area contributed by atoms with Crippen molar-refractivity contribution in [1.29, 1.82) is 0 Å². The van der Waals surface area contributed by atoms with Gasteiger partial charge in [0, 0.05) is 11.5 Å². The first-order valence-electron chi connectivity index (χ1n) is 8.65. The van der Waals surface area contributed by atoms with Gasteiger partial charge in [-0.15, -0.1) is 0 Å². The summed E-state index contributed by atoms with van der Waals surface area (Å²) in [7, 11) is 9.14. The van der Waals surface area contributed by atoms with Gasteiger partial charge in [0.1, 0.15) is 45.1 Å². The van der Waals surface area contributed by atoms with Crippen LogP contribution in [0.15, 0.2) is 4.79 Å². The van der Waals surface area contributed by atoms with Gasteiger partial charge in [0.15, 0.2) is 0 Å². The average molecular weight is 345 g/mol. The van der Waals surface area contributed by atoms with Crippen LogP contribution in [0.1, 0.15) is 12.2 Å². The van der Waals surface area contributed by atoms with E-state index in [0.29, 0.717) is 22.4 Å². The van der Waals surface area contributed by atoms with E-state index in [4.69, 9.17) is 5.73 Å². The van der Waals surface area contributed by atoms with Crippen molar-refractivity contribution in [1.82, 2.24) is 14.9 Å². The fourth-order valence-electron chi connectivity index (χ4n) is 3.92. The minimum Gasteiger partial charge on any atom is -0.398 e. The zero-order valence-electron chi connectivity index (χ0n) is 16.0. The number of rotatable bonds is 1. The van der Waals surface area contributed by atoms with Crippen molar-refractivity contribution in [3.63, 3.8) is 0 Å². The molecule has 7 nitrogen and oxygen atoms in total. The van der Waals surface area contributed by atoms with Crippen LogP contribution in [0.4, 0.5) is 5.69 Å². The number of carbonyl (C=O) groups is 2. The number of imide groups is 1. The molecule has 3 rings (SSSR count). The zero-order chi connectivity index (χ0) is 19.5. The maximum absolute atomic E-state index is 13.4. The smallest absolute Gasteiger partial charge is 0.263 e. The lowest BCUT2D eigenvalue weighted by Gasteiger charge is -2.37. The molecule has 1 aliphatic rings. The number of aromatic nitrogens is 2. The van der Waals surface area contributed by atoms with E-state index in [9.17, 15) is 14.4 Å². The monoisotopic (exact) mass is 346 g/mol. The molecule has 26 heavy (non-hydrogen) atoms. The highest BCUT2D eigenvalue weighted by molar-refractivity contribution is 6.61. The maximum atomic E-state index is 13.4. The number of nitrogens with one attached hydrogen (secondary N) is 1. The van der Waals surface area contributed by atoms with Crippen molar-refractivity contribution >= 4 is 84.0 Å². The fraction of sp³-hybridized carbons (Fsp3) is 0.286. The molecule has 2 heterocycles. The molecular weight excluding hydrogens is 326 g/mol. The van der Waals surface area contributed by atoms with E-state index in [2.05, 4.69) is 10.3 Å². The van der Waals surface area contributed by atoms with Gasteiger partial charge < -0.3 is 5.73 Å². The Morgan fingerprint density at radius 3 is 2.42 bits per heavy atom. The van der Waals surface area contributed by atoms with Crippen molar-refractivity contribution < 1.29 is 9.59 Å². The van der Waals surface area contributed by atoms with Gasteiger partial charge in [0.25, 0.3) is 5.56 Å². The van der Waals surface area contributed by atoms with Crippen LogP contribution in [-0.2, 0) is 15.0 Å². The number of anilines is 1. The molecule has 12 heteroatoms. The van der Waals surface area contributed by atoms with Crippen LogP contribution in [0, 0.1) is 6.92 Å². The first-order valence-corrected chi connectivity index (χ1v) is 8.65. The molecule has 2 unspecified atom stereocenters. The van der Waals surface area contributed by atoms with E-state index < -0.39 is 17.2 Å². The molecule has 0 bridgehead atoms. The van der Waals surface area contributed by atoms with Crippen LogP contribution < -0.4 is 33.0 Å². The summed E-state index contributed by atoms with van der Waals surface area (Å²) >= 11 is 0. The number of piperidine rings is 1. The van der Waals surface area contributed by atoms with Crippen molar-refractivity contribution in [3.05, 3.63) is 16.2 Å². The number of nitrogens with zero attached hydrogens (tertiary/aromatic N) is 2. The Kier molecular flexibility index (Phi) is 4.12.